The maximum atomic E-state index is 12.3. The third kappa shape index (κ3) is 4.19. The van der Waals surface area contributed by atoms with Gasteiger partial charge in [-0.2, -0.15) is 0 Å². The lowest BCUT2D eigenvalue weighted by Crippen LogP contribution is -2.39. The molecular weight excluding hydrogens is 326 g/mol. The maximum absolute atomic E-state index is 12.3. The first-order chi connectivity index (χ1) is 11.6. The van der Waals surface area contributed by atoms with E-state index in [0.717, 1.165) is 24.2 Å². The van der Waals surface area contributed by atoms with Crippen LogP contribution in [0, 0.1) is 5.92 Å². The number of piperidine rings is 1. The molecule has 2 aromatic rings. The minimum Gasteiger partial charge on any atom is -0.469 e. The van der Waals surface area contributed by atoms with Crippen LogP contribution in [0.25, 0.3) is 0 Å². The van der Waals surface area contributed by atoms with E-state index in [-0.39, 0.29) is 11.8 Å². The Labute approximate surface area is 147 Å². The van der Waals surface area contributed by atoms with Gasteiger partial charge in [-0.3, -0.25) is 4.79 Å². The molecule has 0 aliphatic carbocycles. The number of likely N-dealkylation sites (tertiary alicyclic amines) is 1. The van der Waals surface area contributed by atoms with Crippen LogP contribution in [0.5, 0.6) is 0 Å². The van der Waals surface area contributed by atoms with E-state index in [1.807, 2.05) is 29.2 Å². The van der Waals surface area contributed by atoms with E-state index in [0.29, 0.717) is 31.0 Å². The number of hydrogen-bond acceptors (Lipinski definition) is 3. The summed E-state index contributed by atoms with van der Waals surface area (Å²) in [5, 5.41) is 11.2. The Morgan fingerprint density at radius 3 is 2.58 bits per heavy atom. The predicted molar refractivity (Wildman–Crippen MR) is 92.7 cm³/mol. The van der Waals surface area contributed by atoms with Crippen molar-refractivity contribution in [1.82, 2.24) is 4.90 Å². The van der Waals surface area contributed by atoms with Crippen molar-refractivity contribution in [1.29, 1.82) is 0 Å². The van der Waals surface area contributed by atoms with Gasteiger partial charge in [0.05, 0.1) is 12.4 Å². The van der Waals surface area contributed by atoms with Crippen molar-refractivity contribution in [2.75, 3.05) is 13.1 Å². The van der Waals surface area contributed by atoms with Crippen molar-refractivity contribution >= 4 is 17.5 Å². The highest BCUT2D eigenvalue weighted by Gasteiger charge is 2.28. The lowest BCUT2D eigenvalue weighted by atomic mass is 9.87. The molecular formula is C19H22ClNO3. The number of aliphatic hydroxyl groups excluding tert-OH is 1. The van der Waals surface area contributed by atoms with Crippen molar-refractivity contribution in [3.05, 3.63) is 59.0 Å². The summed E-state index contributed by atoms with van der Waals surface area (Å²) in [4.78, 5) is 14.2. The first kappa shape index (κ1) is 17.1. The van der Waals surface area contributed by atoms with E-state index in [1.54, 1.807) is 18.4 Å². The number of amides is 1. The molecule has 0 bridgehead atoms. The fraction of sp³-hybridized carbons (Fsp3) is 0.421. The van der Waals surface area contributed by atoms with Crippen LogP contribution in [-0.2, 0) is 11.2 Å². The maximum Gasteiger partial charge on any atom is 0.223 e. The standard InChI is InChI=1S/C19H22ClNO3/c20-16-5-3-14(4-6-16)19(23)15-9-11-21(12-10-15)18(22)8-7-17-2-1-13-24-17/h1-6,13,15,19,23H,7-12H2/t19-/m1/s1. The summed E-state index contributed by atoms with van der Waals surface area (Å²) in [6.45, 7) is 1.40. The molecule has 1 amide bonds. The molecule has 24 heavy (non-hydrogen) atoms. The highest BCUT2D eigenvalue weighted by Crippen LogP contribution is 2.31. The van der Waals surface area contributed by atoms with Gasteiger partial charge in [0.25, 0.3) is 0 Å². The van der Waals surface area contributed by atoms with Crippen LogP contribution in [0.2, 0.25) is 5.02 Å². The molecule has 1 saturated heterocycles. The van der Waals surface area contributed by atoms with Crippen LogP contribution in [-0.4, -0.2) is 29.0 Å². The number of halogens is 1. The van der Waals surface area contributed by atoms with Crippen LogP contribution in [0.15, 0.2) is 47.1 Å². The number of carbonyl (C=O) groups excluding carboxylic acids is 1. The van der Waals surface area contributed by atoms with Crippen molar-refractivity contribution in [3.8, 4) is 0 Å². The topological polar surface area (TPSA) is 53.7 Å². The van der Waals surface area contributed by atoms with Gasteiger partial charge < -0.3 is 14.4 Å². The summed E-state index contributed by atoms with van der Waals surface area (Å²) in [6.07, 6.45) is 3.87. The van der Waals surface area contributed by atoms with Crippen molar-refractivity contribution in [3.63, 3.8) is 0 Å². The van der Waals surface area contributed by atoms with Crippen molar-refractivity contribution in [2.45, 2.75) is 31.8 Å². The molecule has 1 aromatic carbocycles. The molecule has 3 rings (SSSR count). The molecule has 1 fully saturated rings. The molecule has 1 atom stereocenters. The Morgan fingerprint density at radius 1 is 1.25 bits per heavy atom. The van der Waals surface area contributed by atoms with Crippen molar-refractivity contribution in [2.24, 2.45) is 5.92 Å². The van der Waals surface area contributed by atoms with Gasteiger partial charge in [0.15, 0.2) is 0 Å². The molecule has 1 N–H and O–H groups in total. The van der Waals surface area contributed by atoms with Crippen LogP contribution < -0.4 is 0 Å². The van der Waals surface area contributed by atoms with Gasteiger partial charge in [-0.25, -0.2) is 0 Å². The van der Waals surface area contributed by atoms with E-state index in [2.05, 4.69) is 0 Å². The Bertz CT molecular complexity index is 646. The van der Waals surface area contributed by atoms with Gasteiger partial charge in [-0.15, -0.1) is 0 Å². The molecule has 1 aliphatic heterocycles. The summed E-state index contributed by atoms with van der Waals surface area (Å²) < 4.78 is 5.26. The first-order valence-corrected chi connectivity index (χ1v) is 8.75. The lowest BCUT2D eigenvalue weighted by Gasteiger charge is -2.34. The van der Waals surface area contributed by atoms with Gasteiger partial charge in [0.1, 0.15) is 5.76 Å². The summed E-state index contributed by atoms with van der Waals surface area (Å²) in [7, 11) is 0. The molecule has 0 unspecified atom stereocenters. The van der Waals surface area contributed by atoms with Gasteiger partial charge in [0, 0.05) is 31.0 Å². The summed E-state index contributed by atoms with van der Waals surface area (Å²) in [6, 6.07) is 11.1. The van der Waals surface area contributed by atoms with Gasteiger partial charge in [-0.05, 0) is 48.6 Å². The third-order valence-electron chi connectivity index (χ3n) is 4.72. The second kappa shape index (κ2) is 7.86. The Kier molecular flexibility index (Phi) is 5.59. The number of rotatable bonds is 5. The summed E-state index contributed by atoms with van der Waals surface area (Å²) in [5.74, 6) is 1.18. The number of carbonyl (C=O) groups is 1. The molecule has 0 saturated carbocycles. The van der Waals surface area contributed by atoms with Crippen LogP contribution >= 0.6 is 11.6 Å². The van der Waals surface area contributed by atoms with E-state index >= 15 is 0 Å². The first-order valence-electron chi connectivity index (χ1n) is 8.37. The van der Waals surface area contributed by atoms with E-state index in [4.69, 9.17) is 16.0 Å². The Hall–Kier alpha value is -1.78. The zero-order chi connectivity index (χ0) is 16.9. The molecule has 5 heteroatoms. The number of furan rings is 1. The number of hydrogen-bond donors (Lipinski definition) is 1. The average molecular weight is 348 g/mol. The Balaban J connectivity index is 1.48. The fourth-order valence-electron chi connectivity index (χ4n) is 3.24. The van der Waals surface area contributed by atoms with E-state index in [9.17, 15) is 9.90 Å². The third-order valence-corrected chi connectivity index (χ3v) is 4.97. The molecule has 1 aliphatic rings. The van der Waals surface area contributed by atoms with Gasteiger partial charge >= 0.3 is 0 Å². The zero-order valence-electron chi connectivity index (χ0n) is 13.5. The van der Waals surface area contributed by atoms with Gasteiger partial charge in [0.2, 0.25) is 5.91 Å². The highest BCUT2D eigenvalue weighted by atomic mass is 35.5. The van der Waals surface area contributed by atoms with Crippen LogP contribution in [0.3, 0.4) is 0 Å². The van der Waals surface area contributed by atoms with E-state index in [1.165, 1.54) is 0 Å². The minimum atomic E-state index is -0.498. The number of aliphatic hydroxyl groups is 1. The summed E-state index contributed by atoms with van der Waals surface area (Å²) >= 11 is 5.89. The normalized spacial score (nSPS) is 17.0. The SMILES string of the molecule is O=C(CCc1ccco1)N1CCC([C@H](O)c2ccc(Cl)cc2)CC1. The minimum absolute atomic E-state index is 0.158. The molecule has 0 radical (unpaired) electrons. The molecule has 128 valence electrons. The van der Waals surface area contributed by atoms with Crippen LogP contribution in [0.4, 0.5) is 0 Å². The second-order valence-electron chi connectivity index (χ2n) is 6.29. The highest BCUT2D eigenvalue weighted by molar-refractivity contribution is 6.30. The van der Waals surface area contributed by atoms with Gasteiger partial charge in [-0.1, -0.05) is 23.7 Å². The van der Waals surface area contributed by atoms with Crippen LogP contribution in [0.1, 0.15) is 36.7 Å². The van der Waals surface area contributed by atoms with Crippen molar-refractivity contribution < 1.29 is 14.3 Å². The quantitative estimate of drug-likeness (QED) is 0.894. The smallest absolute Gasteiger partial charge is 0.223 e. The second-order valence-corrected chi connectivity index (χ2v) is 6.73. The Morgan fingerprint density at radius 2 is 1.96 bits per heavy atom. The zero-order valence-corrected chi connectivity index (χ0v) is 14.3. The molecule has 1 aromatic heterocycles. The average Bonchev–Trinajstić information content (AvgIpc) is 3.13. The predicted octanol–water partition coefficient (Wildman–Crippen LogP) is 3.84. The fourth-order valence-corrected chi connectivity index (χ4v) is 3.37. The monoisotopic (exact) mass is 347 g/mol. The molecule has 4 nitrogen and oxygen atoms in total. The van der Waals surface area contributed by atoms with E-state index < -0.39 is 6.10 Å². The molecule has 0 spiro atoms. The lowest BCUT2D eigenvalue weighted by molar-refractivity contribution is -0.133. The number of aryl methyl sites for hydroxylation is 1. The number of benzene rings is 1. The largest absolute Gasteiger partial charge is 0.469 e. The molecule has 2 heterocycles. The number of nitrogens with zero attached hydrogens (tertiary/aromatic N) is 1. The summed E-state index contributed by atoms with van der Waals surface area (Å²) in [5.41, 5.74) is 0.891.